The number of hydrogen-bond acceptors (Lipinski definition) is 3. The van der Waals surface area contributed by atoms with Crippen LogP contribution in [0.15, 0.2) is 15.0 Å². The molecule has 0 saturated heterocycles. The minimum Gasteiger partial charge on any atom is -0.466 e. The molecule has 2 aromatic rings. The molecule has 0 aliphatic rings. The van der Waals surface area contributed by atoms with Gasteiger partial charge in [-0.1, -0.05) is 0 Å². The van der Waals surface area contributed by atoms with Crippen LogP contribution in [0.4, 0.5) is 0 Å². The Bertz CT molecular complexity index is 586. The third-order valence-electron chi connectivity index (χ3n) is 3.38. The van der Waals surface area contributed by atoms with Gasteiger partial charge in [0.05, 0.1) is 15.9 Å². The van der Waals surface area contributed by atoms with E-state index in [1.807, 2.05) is 32.5 Å². The van der Waals surface area contributed by atoms with Gasteiger partial charge in [0.1, 0.15) is 11.5 Å². The molecule has 19 heavy (non-hydrogen) atoms. The summed E-state index contributed by atoms with van der Waals surface area (Å²) in [7, 11) is 1.96. The van der Waals surface area contributed by atoms with E-state index in [-0.39, 0.29) is 6.04 Å². The van der Waals surface area contributed by atoms with Crippen LogP contribution in [0, 0.1) is 20.8 Å². The van der Waals surface area contributed by atoms with Crippen LogP contribution in [-0.4, -0.2) is 9.78 Å². The van der Waals surface area contributed by atoms with Gasteiger partial charge in [-0.2, -0.15) is 5.10 Å². The quantitative estimate of drug-likeness (QED) is 0.934. The molecule has 0 amide bonds. The highest BCUT2D eigenvalue weighted by atomic mass is 79.9. The van der Waals surface area contributed by atoms with Crippen LogP contribution in [-0.2, 0) is 13.6 Å². The molecule has 0 aromatic carbocycles. The first-order chi connectivity index (χ1) is 8.90. The van der Waals surface area contributed by atoms with Gasteiger partial charge in [-0.05, 0) is 49.7 Å². The highest BCUT2D eigenvalue weighted by Crippen LogP contribution is 2.23. The van der Waals surface area contributed by atoms with Gasteiger partial charge < -0.3 is 9.73 Å². The van der Waals surface area contributed by atoms with Crippen molar-refractivity contribution in [1.29, 1.82) is 0 Å². The van der Waals surface area contributed by atoms with Crippen LogP contribution in [0.5, 0.6) is 0 Å². The minimum absolute atomic E-state index is 0.250. The van der Waals surface area contributed by atoms with Crippen LogP contribution in [0.1, 0.15) is 41.4 Å². The average molecular weight is 326 g/mol. The van der Waals surface area contributed by atoms with Crippen molar-refractivity contribution in [2.45, 2.75) is 40.3 Å². The normalized spacial score (nSPS) is 12.9. The van der Waals surface area contributed by atoms with E-state index in [1.54, 1.807) is 0 Å². The van der Waals surface area contributed by atoms with E-state index in [0.717, 1.165) is 33.9 Å². The van der Waals surface area contributed by atoms with Crippen molar-refractivity contribution < 1.29 is 4.42 Å². The Hall–Kier alpha value is -1.07. The molecule has 2 heterocycles. The lowest BCUT2D eigenvalue weighted by Gasteiger charge is -2.13. The van der Waals surface area contributed by atoms with Gasteiger partial charge in [0.25, 0.3) is 0 Å². The van der Waals surface area contributed by atoms with Gasteiger partial charge in [0.2, 0.25) is 0 Å². The summed E-state index contributed by atoms with van der Waals surface area (Å²) in [6.45, 7) is 8.90. The molecule has 4 nitrogen and oxygen atoms in total. The van der Waals surface area contributed by atoms with Gasteiger partial charge in [0.15, 0.2) is 0 Å². The summed E-state index contributed by atoms with van der Waals surface area (Å²) in [5.74, 6) is 1.94. The maximum absolute atomic E-state index is 5.57. The molecule has 1 N–H and O–H groups in total. The fourth-order valence-corrected chi connectivity index (χ4v) is 2.79. The topological polar surface area (TPSA) is 43.0 Å². The van der Waals surface area contributed by atoms with Crippen molar-refractivity contribution in [2.75, 3.05) is 0 Å². The second-order valence-electron chi connectivity index (χ2n) is 4.94. The zero-order valence-corrected chi connectivity index (χ0v) is 13.6. The average Bonchev–Trinajstić information content (AvgIpc) is 2.78. The van der Waals surface area contributed by atoms with E-state index in [4.69, 9.17) is 4.42 Å². The van der Waals surface area contributed by atoms with Gasteiger partial charge in [0, 0.05) is 25.2 Å². The van der Waals surface area contributed by atoms with Gasteiger partial charge >= 0.3 is 0 Å². The van der Waals surface area contributed by atoms with E-state index < -0.39 is 0 Å². The second kappa shape index (κ2) is 5.51. The predicted octanol–water partition coefficient (Wildman–Crippen LogP) is 3.55. The van der Waals surface area contributed by atoms with Crippen molar-refractivity contribution in [2.24, 2.45) is 7.05 Å². The summed E-state index contributed by atoms with van der Waals surface area (Å²) >= 11 is 3.58. The Morgan fingerprint density at radius 3 is 2.58 bits per heavy atom. The number of aromatic nitrogens is 2. The molecule has 0 bridgehead atoms. The molecular formula is C14H20BrN3O. The van der Waals surface area contributed by atoms with Crippen LogP contribution in [0.25, 0.3) is 0 Å². The molecule has 5 heteroatoms. The number of aryl methyl sites for hydroxylation is 4. The standard InChI is InChI=1S/C14H20BrN3O/c1-8-6-12(11(4)19-8)9(2)16-7-13-14(15)10(3)17-18(13)5/h6,9,16H,7H2,1-5H3. The second-order valence-corrected chi connectivity index (χ2v) is 5.73. The Balaban J connectivity index is 2.08. The van der Waals surface area contributed by atoms with E-state index in [0.29, 0.717) is 0 Å². The molecule has 2 rings (SSSR count). The molecule has 2 aromatic heterocycles. The summed E-state index contributed by atoms with van der Waals surface area (Å²) in [5, 5.41) is 7.91. The number of nitrogens with zero attached hydrogens (tertiary/aromatic N) is 2. The third-order valence-corrected chi connectivity index (χ3v) is 4.41. The van der Waals surface area contributed by atoms with Gasteiger partial charge in [-0.25, -0.2) is 0 Å². The van der Waals surface area contributed by atoms with E-state index in [2.05, 4.69) is 39.3 Å². The Labute approximate surface area is 122 Å². The lowest BCUT2D eigenvalue weighted by Crippen LogP contribution is -2.20. The molecule has 0 saturated carbocycles. The molecule has 0 spiro atoms. The van der Waals surface area contributed by atoms with Crippen molar-refractivity contribution in [1.82, 2.24) is 15.1 Å². The summed E-state index contributed by atoms with van der Waals surface area (Å²) in [5.41, 5.74) is 3.39. The summed E-state index contributed by atoms with van der Waals surface area (Å²) in [6.07, 6.45) is 0. The molecule has 1 atom stereocenters. The van der Waals surface area contributed by atoms with Crippen LogP contribution in [0.2, 0.25) is 0 Å². The Kier molecular flexibility index (Phi) is 4.16. The van der Waals surface area contributed by atoms with E-state index in [9.17, 15) is 0 Å². The largest absolute Gasteiger partial charge is 0.466 e. The van der Waals surface area contributed by atoms with Crippen molar-refractivity contribution >= 4 is 15.9 Å². The number of nitrogens with one attached hydrogen (secondary N) is 1. The number of furan rings is 1. The first kappa shape index (κ1) is 14.3. The molecule has 0 radical (unpaired) electrons. The summed E-state index contributed by atoms with van der Waals surface area (Å²) < 4.78 is 8.56. The molecular weight excluding hydrogens is 306 g/mol. The highest BCUT2D eigenvalue weighted by molar-refractivity contribution is 9.10. The molecule has 0 aliphatic carbocycles. The molecule has 0 fully saturated rings. The monoisotopic (exact) mass is 325 g/mol. The molecule has 0 aliphatic heterocycles. The fraction of sp³-hybridized carbons (Fsp3) is 0.500. The van der Waals surface area contributed by atoms with Crippen LogP contribution in [0.3, 0.4) is 0 Å². The van der Waals surface area contributed by atoms with E-state index >= 15 is 0 Å². The number of hydrogen-bond donors (Lipinski definition) is 1. The predicted molar refractivity (Wildman–Crippen MR) is 79.1 cm³/mol. The SMILES string of the molecule is Cc1cc(C(C)NCc2c(Br)c(C)nn2C)c(C)o1. The zero-order valence-electron chi connectivity index (χ0n) is 12.0. The molecule has 1 unspecified atom stereocenters. The summed E-state index contributed by atoms with van der Waals surface area (Å²) in [4.78, 5) is 0. The van der Waals surface area contributed by atoms with Crippen LogP contribution < -0.4 is 5.32 Å². The number of rotatable bonds is 4. The third kappa shape index (κ3) is 2.92. The Morgan fingerprint density at radius 2 is 2.11 bits per heavy atom. The van der Waals surface area contributed by atoms with Crippen molar-refractivity contribution in [3.8, 4) is 0 Å². The first-order valence-corrected chi connectivity index (χ1v) is 7.17. The fourth-order valence-electron chi connectivity index (χ4n) is 2.31. The van der Waals surface area contributed by atoms with Crippen molar-refractivity contribution in [3.63, 3.8) is 0 Å². The Morgan fingerprint density at radius 1 is 1.42 bits per heavy atom. The molecule has 104 valence electrons. The summed E-state index contributed by atoms with van der Waals surface area (Å²) in [6, 6.07) is 2.34. The lowest BCUT2D eigenvalue weighted by molar-refractivity contribution is 0.487. The highest BCUT2D eigenvalue weighted by Gasteiger charge is 2.15. The zero-order chi connectivity index (χ0) is 14.2. The van der Waals surface area contributed by atoms with Crippen LogP contribution >= 0.6 is 15.9 Å². The van der Waals surface area contributed by atoms with Crippen molar-refractivity contribution in [3.05, 3.63) is 39.0 Å². The van der Waals surface area contributed by atoms with E-state index in [1.165, 1.54) is 5.56 Å². The first-order valence-electron chi connectivity index (χ1n) is 6.38. The number of halogens is 1. The minimum atomic E-state index is 0.250. The lowest BCUT2D eigenvalue weighted by atomic mass is 10.1. The smallest absolute Gasteiger partial charge is 0.105 e. The van der Waals surface area contributed by atoms with Gasteiger partial charge in [-0.15, -0.1) is 0 Å². The van der Waals surface area contributed by atoms with Gasteiger partial charge in [-0.3, -0.25) is 4.68 Å². The maximum Gasteiger partial charge on any atom is 0.105 e. The maximum atomic E-state index is 5.57.